The van der Waals surface area contributed by atoms with E-state index in [2.05, 4.69) is 39.1 Å². The van der Waals surface area contributed by atoms with Crippen LogP contribution >= 0.6 is 0 Å². The maximum atomic E-state index is 5.73. The third kappa shape index (κ3) is 2.22. The predicted octanol–water partition coefficient (Wildman–Crippen LogP) is 3.86. The Balaban J connectivity index is 2.42. The van der Waals surface area contributed by atoms with Crippen LogP contribution in [0.15, 0.2) is 16.7 Å². The van der Waals surface area contributed by atoms with Crippen LogP contribution in [0.3, 0.4) is 0 Å². The summed E-state index contributed by atoms with van der Waals surface area (Å²) in [6.45, 7) is 10.6. The average molecular weight is 231 g/mol. The highest BCUT2D eigenvalue weighted by molar-refractivity contribution is 5.87. The zero-order valence-electron chi connectivity index (χ0n) is 11.2. The molecule has 1 heterocycles. The van der Waals surface area contributed by atoms with Crippen LogP contribution in [-0.2, 0) is 6.54 Å². The summed E-state index contributed by atoms with van der Waals surface area (Å²) in [7, 11) is 0. The highest BCUT2D eigenvalue weighted by Crippen LogP contribution is 2.29. The summed E-state index contributed by atoms with van der Waals surface area (Å²) >= 11 is 0. The van der Waals surface area contributed by atoms with Crippen molar-refractivity contribution < 1.29 is 4.42 Å². The first-order valence-electron chi connectivity index (χ1n) is 6.32. The van der Waals surface area contributed by atoms with E-state index in [4.69, 9.17) is 4.42 Å². The minimum absolute atomic E-state index is 0.893. The number of aryl methyl sites for hydroxylation is 3. The summed E-state index contributed by atoms with van der Waals surface area (Å²) < 4.78 is 5.73. The van der Waals surface area contributed by atoms with Crippen LogP contribution in [0.25, 0.3) is 11.0 Å². The van der Waals surface area contributed by atoms with E-state index in [-0.39, 0.29) is 0 Å². The van der Waals surface area contributed by atoms with Crippen LogP contribution < -0.4 is 5.32 Å². The van der Waals surface area contributed by atoms with Gasteiger partial charge in [0.15, 0.2) is 0 Å². The summed E-state index contributed by atoms with van der Waals surface area (Å²) in [6.07, 6.45) is 3.06. The van der Waals surface area contributed by atoms with Crippen LogP contribution in [0.1, 0.15) is 35.6 Å². The van der Waals surface area contributed by atoms with Gasteiger partial charge in [-0.05, 0) is 50.4 Å². The van der Waals surface area contributed by atoms with Gasteiger partial charge >= 0.3 is 0 Å². The molecule has 0 fully saturated rings. The molecule has 17 heavy (non-hydrogen) atoms. The summed E-state index contributed by atoms with van der Waals surface area (Å²) in [4.78, 5) is 0. The molecular weight excluding hydrogens is 210 g/mol. The molecule has 0 saturated heterocycles. The van der Waals surface area contributed by atoms with Crippen molar-refractivity contribution in [2.24, 2.45) is 0 Å². The van der Waals surface area contributed by atoms with Crippen molar-refractivity contribution >= 4 is 11.0 Å². The van der Waals surface area contributed by atoms with Crippen molar-refractivity contribution in [3.63, 3.8) is 0 Å². The quantitative estimate of drug-likeness (QED) is 0.808. The van der Waals surface area contributed by atoms with E-state index in [9.17, 15) is 0 Å². The molecule has 2 heteroatoms. The van der Waals surface area contributed by atoms with Crippen LogP contribution in [-0.4, -0.2) is 6.54 Å². The monoisotopic (exact) mass is 231 g/mol. The molecule has 1 aromatic carbocycles. The van der Waals surface area contributed by atoms with Crippen LogP contribution in [0.4, 0.5) is 0 Å². The second kappa shape index (κ2) is 4.92. The van der Waals surface area contributed by atoms with Crippen LogP contribution in [0, 0.1) is 20.8 Å². The smallest absolute Gasteiger partial charge is 0.137 e. The van der Waals surface area contributed by atoms with Crippen molar-refractivity contribution in [2.45, 2.75) is 40.7 Å². The predicted molar refractivity (Wildman–Crippen MR) is 72.4 cm³/mol. The van der Waals surface area contributed by atoms with Crippen LogP contribution in [0.5, 0.6) is 0 Å². The molecule has 0 aliphatic carbocycles. The van der Waals surface area contributed by atoms with Gasteiger partial charge in [-0.3, -0.25) is 0 Å². The second-order valence-corrected chi connectivity index (χ2v) is 4.78. The zero-order chi connectivity index (χ0) is 12.4. The highest BCUT2D eigenvalue weighted by Gasteiger charge is 2.12. The lowest BCUT2D eigenvalue weighted by Crippen LogP contribution is -2.13. The summed E-state index contributed by atoms with van der Waals surface area (Å²) in [5.74, 6) is 0. The maximum Gasteiger partial charge on any atom is 0.137 e. The Morgan fingerprint density at radius 3 is 2.65 bits per heavy atom. The Morgan fingerprint density at radius 1 is 1.18 bits per heavy atom. The van der Waals surface area contributed by atoms with E-state index in [1.807, 2.05) is 6.26 Å². The lowest BCUT2D eigenvalue weighted by Gasteiger charge is -2.06. The maximum absolute atomic E-state index is 5.73. The average Bonchev–Trinajstić information content (AvgIpc) is 2.71. The van der Waals surface area contributed by atoms with Gasteiger partial charge in [0.1, 0.15) is 5.58 Å². The Hall–Kier alpha value is -1.28. The van der Waals surface area contributed by atoms with E-state index in [1.165, 1.54) is 27.6 Å². The molecule has 0 bridgehead atoms. The summed E-state index contributed by atoms with van der Waals surface area (Å²) in [6, 6.07) is 2.25. The van der Waals surface area contributed by atoms with Gasteiger partial charge in [0.2, 0.25) is 0 Å². The Kier molecular flexibility index (Phi) is 3.53. The Morgan fingerprint density at radius 2 is 1.94 bits per heavy atom. The lowest BCUT2D eigenvalue weighted by molar-refractivity contribution is 0.599. The fourth-order valence-electron chi connectivity index (χ4n) is 2.32. The van der Waals surface area contributed by atoms with Gasteiger partial charge in [-0.15, -0.1) is 0 Å². The highest BCUT2D eigenvalue weighted by atomic mass is 16.3. The van der Waals surface area contributed by atoms with Crippen LogP contribution in [0.2, 0.25) is 0 Å². The largest absolute Gasteiger partial charge is 0.464 e. The fourth-order valence-corrected chi connectivity index (χ4v) is 2.32. The molecule has 0 aliphatic heterocycles. The number of hydrogen-bond donors (Lipinski definition) is 1. The molecule has 0 unspecified atom stereocenters. The number of furan rings is 1. The minimum Gasteiger partial charge on any atom is -0.464 e. The SMILES string of the molecule is CCCNCc1coc2c(C)c(C)cc(C)c12. The van der Waals surface area contributed by atoms with Crippen molar-refractivity contribution in [1.29, 1.82) is 0 Å². The van der Waals surface area contributed by atoms with Gasteiger partial charge < -0.3 is 9.73 Å². The number of benzene rings is 1. The van der Waals surface area contributed by atoms with Crippen molar-refractivity contribution in [3.05, 3.63) is 34.6 Å². The van der Waals surface area contributed by atoms with Gasteiger partial charge in [0.25, 0.3) is 0 Å². The fraction of sp³-hybridized carbons (Fsp3) is 0.467. The molecule has 0 saturated carbocycles. The van der Waals surface area contributed by atoms with Gasteiger partial charge in [0, 0.05) is 17.5 Å². The van der Waals surface area contributed by atoms with Crippen molar-refractivity contribution in [3.8, 4) is 0 Å². The number of fused-ring (bicyclic) bond motifs is 1. The first-order valence-corrected chi connectivity index (χ1v) is 6.32. The molecule has 0 aliphatic rings. The molecule has 1 aromatic heterocycles. The summed E-state index contributed by atoms with van der Waals surface area (Å²) in [5, 5.41) is 4.72. The third-order valence-electron chi connectivity index (χ3n) is 3.37. The van der Waals surface area contributed by atoms with Gasteiger partial charge in [-0.25, -0.2) is 0 Å². The van der Waals surface area contributed by atoms with Crippen molar-refractivity contribution in [2.75, 3.05) is 6.54 Å². The third-order valence-corrected chi connectivity index (χ3v) is 3.37. The molecule has 2 rings (SSSR count). The molecule has 92 valence electrons. The first kappa shape index (κ1) is 12.2. The van der Waals surface area contributed by atoms with Gasteiger partial charge in [-0.2, -0.15) is 0 Å². The normalized spacial score (nSPS) is 11.3. The number of nitrogens with one attached hydrogen (secondary N) is 1. The molecule has 0 radical (unpaired) electrons. The molecule has 2 aromatic rings. The second-order valence-electron chi connectivity index (χ2n) is 4.78. The number of rotatable bonds is 4. The Labute approximate surface area is 103 Å². The molecule has 2 nitrogen and oxygen atoms in total. The topological polar surface area (TPSA) is 25.2 Å². The van der Waals surface area contributed by atoms with E-state index >= 15 is 0 Å². The standard InChI is InChI=1S/C15H21NO/c1-5-6-16-8-13-9-17-15-12(4)10(2)7-11(3)14(13)15/h7,9,16H,5-6,8H2,1-4H3. The molecular formula is C15H21NO. The number of hydrogen-bond acceptors (Lipinski definition) is 2. The first-order chi connectivity index (χ1) is 8.15. The van der Waals surface area contributed by atoms with Crippen molar-refractivity contribution in [1.82, 2.24) is 5.32 Å². The lowest BCUT2D eigenvalue weighted by atomic mass is 10.00. The minimum atomic E-state index is 0.893. The molecule has 1 N–H and O–H groups in total. The van der Waals surface area contributed by atoms with Gasteiger partial charge in [-0.1, -0.05) is 13.0 Å². The van der Waals surface area contributed by atoms with E-state index in [1.54, 1.807) is 0 Å². The Bertz CT molecular complexity index is 525. The molecule has 0 atom stereocenters. The molecule has 0 amide bonds. The van der Waals surface area contributed by atoms with E-state index in [0.29, 0.717) is 0 Å². The summed E-state index contributed by atoms with van der Waals surface area (Å²) in [5.41, 5.74) is 6.19. The van der Waals surface area contributed by atoms with E-state index in [0.717, 1.165) is 25.1 Å². The van der Waals surface area contributed by atoms with Gasteiger partial charge in [0.05, 0.1) is 6.26 Å². The zero-order valence-corrected chi connectivity index (χ0v) is 11.2. The van der Waals surface area contributed by atoms with E-state index < -0.39 is 0 Å². The molecule has 0 spiro atoms.